The number of rotatable bonds is 6. The van der Waals surface area contributed by atoms with Crippen LogP contribution in [0.1, 0.15) is 22.8 Å². The Hall–Kier alpha value is -1.39. The average Bonchev–Trinajstić information content (AvgIpc) is 2.38. The van der Waals surface area contributed by atoms with Crippen LogP contribution in [0.15, 0.2) is 24.3 Å². The third-order valence-corrected chi connectivity index (χ3v) is 2.80. The van der Waals surface area contributed by atoms with Gasteiger partial charge >= 0.3 is 0 Å². The van der Waals surface area contributed by atoms with Gasteiger partial charge in [0, 0.05) is 26.3 Å². The summed E-state index contributed by atoms with van der Waals surface area (Å²) in [5.74, 6) is -0.0900. The maximum atomic E-state index is 12.1. The van der Waals surface area contributed by atoms with Crippen molar-refractivity contribution in [2.75, 3.05) is 27.3 Å². The van der Waals surface area contributed by atoms with Gasteiger partial charge in [0.05, 0.1) is 12.7 Å². The fourth-order valence-corrected chi connectivity index (χ4v) is 1.75. The minimum atomic E-state index is -0.654. The second-order valence-corrected chi connectivity index (χ2v) is 4.35. The molecule has 0 radical (unpaired) electrons. The third kappa shape index (κ3) is 4.13. The lowest BCUT2D eigenvalue weighted by atomic mass is 10.1. The number of carbonyl (C=O) groups is 1. The summed E-state index contributed by atoms with van der Waals surface area (Å²) in [5, 5.41) is 9.58. The van der Waals surface area contributed by atoms with Crippen molar-refractivity contribution in [3.8, 4) is 0 Å². The number of aliphatic hydroxyl groups excluding tert-OH is 1. The zero-order valence-corrected chi connectivity index (χ0v) is 11.2. The van der Waals surface area contributed by atoms with Gasteiger partial charge in [-0.15, -0.1) is 0 Å². The first-order chi connectivity index (χ1) is 8.58. The lowest BCUT2D eigenvalue weighted by molar-refractivity contribution is 0.0380. The topological polar surface area (TPSA) is 49.8 Å². The number of aryl methyl sites for hydroxylation is 1. The van der Waals surface area contributed by atoms with Crippen LogP contribution in [0.4, 0.5) is 0 Å². The molecule has 18 heavy (non-hydrogen) atoms. The van der Waals surface area contributed by atoms with Crippen molar-refractivity contribution in [2.24, 2.45) is 0 Å². The summed E-state index contributed by atoms with van der Waals surface area (Å²) in [7, 11) is 3.20. The summed E-state index contributed by atoms with van der Waals surface area (Å²) in [6.07, 6.45) is 0.301. The van der Waals surface area contributed by atoms with Crippen LogP contribution in [-0.2, 0) is 11.2 Å². The molecule has 0 aromatic heterocycles. The summed E-state index contributed by atoms with van der Waals surface area (Å²) in [5.41, 5.74) is 1.84. The molecule has 1 aromatic carbocycles. The fraction of sp³-hybridized carbons (Fsp3) is 0.500. The van der Waals surface area contributed by atoms with Crippen LogP contribution in [0.25, 0.3) is 0 Å². The molecular weight excluding hydrogens is 230 g/mol. The van der Waals surface area contributed by atoms with Crippen molar-refractivity contribution in [3.63, 3.8) is 0 Å². The number of amides is 1. The van der Waals surface area contributed by atoms with E-state index in [9.17, 15) is 9.90 Å². The lowest BCUT2D eigenvalue weighted by Crippen LogP contribution is -2.36. The quantitative estimate of drug-likeness (QED) is 0.829. The molecule has 1 N–H and O–H groups in total. The third-order valence-electron chi connectivity index (χ3n) is 2.80. The van der Waals surface area contributed by atoms with E-state index in [2.05, 4.69) is 6.92 Å². The predicted molar refractivity (Wildman–Crippen MR) is 70.7 cm³/mol. The monoisotopic (exact) mass is 251 g/mol. The summed E-state index contributed by atoms with van der Waals surface area (Å²) in [6, 6.07) is 7.54. The molecule has 0 saturated heterocycles. The Kier molecular flexibility index (Phi) is 5.82. The molecule has 0 saturated carbocycles. The van der Waals surface area contributed by atoms with Crippen LogP contribution < -0.4 is 0 Å². The SMILES string of the molecule is CCc1ccc(C(=O)N(C)CC(O)COC)cc1. The van der Waals surface area contributed by atoms with Gasteiger partial charge in [-0.25, -0.2) is 0 Å². The number of likely N-dealkylation sites (N-methyl/N-ethyl adjacent to an activating group) is 1. The number of hydrogen-bond acceptors (Lipinski definition) is 3. The Morgan fingerprint density at radius 1 is 1.39 bits per heavy atom. The summed E-state index contributed by atoms with van der Waals surface area (Å²) < 4.78 is 4.83. The van der Waals surface area contributed by atoms with Gasteiger partial charge in [-0.05, 0) is 24.1 Å². The Balaban J connectivity index is 2.62. The number of aliphatic hydroxyl groups is 1. The van der Waals surface area contributed by atoms with Gasteiger partial charge in [0.2, 0.25) is 0 Å². The van der Waals surface area contributed by atoms with Gasteiger partial charge < -0.3 is 14.7 Å². The van der Waals surface area contributed by atoms with E-state index in [-0.39, 0.29) is 19.1 Å². The molecule has 0 spiro atoms. The van der Waals surface area contributed by atoms with Crippen LogP contribution in [0.3, 0.4) is 0 Å². The molecule has 0 aliphatic rings. The first-order valence-corrected chi connectivity index (χ1v) is 6.09. The highest BCUT2D eigenvalue weighted by Gasteiger charge is 2.15. The van der Waals surface area contributed by atoms with Crippen molar-refractivity contribution in [1.29, 1.82) is 0 Å². The highest BCUT2D eigenvalue weighted by molar-refractivity contribution is 5.94. The van der Waals surface area contributed by atoms with E-state index < -0.39 is 6.10 Å². The normalized spacial score (nSPS) is 12.2. The number of carbonyl (C=O) groups excluding carboxylic acids is 1. The zero-order chi connectivity index (χ0) is 13.5. The molecule has 1 amide bonds. The standard InChI is InChI=1S/C14H21NO3/c1-4-11-5-7-12(8-6-11)14(17)15(2)9-13(16)10-18-3/h5-8,13,16H,4,9-10H2,1-3H3. The molecule has 0 heterocycles. The van der Waals surface area contributed by atoms with E-state index in [0.717, 1.165) is 6.42 Å². The highest BCUT2D eigenvalue weighted by atomic mass is 16.5. The van der Waals surface area contributed by atoms with E-state index >= 15 is 0 Å². The Morgan fingerprint density at radius 2 is 2.00 bits per heavy atom. The number of methoxy groups -OCH3 is 1. The van der Waals surface area contributed by atoms with Gasteiger partial charge in [-0.2, -0.15) is 0 Å². The molecule has 0 bridgehead atoms. The molecule has 1 aromatic rings. The Labute approximate surface area is 108 Å². The summed E-state index contributed by atoms with van der Waals surface area (Å²) >= 11 is 0. The molecule has 0 aliphatic heterocycles. The van der Waals surface area contributed by atoms with E-state index in [1.165, 1.54) is 17.6 Å². The van der Waals surface area contributed by atoms with Crippen molar-refractivity contribution < 1.29 is 14.6 Å². The number of ether oxygens (including phenoxy) is 1. The van der Waals surface area contributed by atoms with Crippen molar-refractivity contribution >= 4 is 5.91 Å². The largest absolute Gasteiger partial charge is 0.389 e. The second-order valence-electron chi connectivity index (χ2n) is 4.35. The number of hydrogen-bond donors (Lipinski definition) is 1. The maximum absolute atomic E-state index is 12.1. The molecular formula is C14H21NO3. The van der Waals surface area contributed by atoms with E-state index in [1.54, 1.807) is 7.05 Å². The van der Waals surface area contributed by atoms with Crippen molar-refractivity contribution in [3.05, 3.63) is 35.4 Å². The highest BCUT2D eigenvalue weighted by Crippen LogP contribution is 2.08. The van der Waals surface area contributed by atoms with E-state index in [1.807, 2.05) is 24.3 Å². The van der Waals surface area contributed by atoms with Gasteiger partial charge in [-0.3, -0.25) is 4.79 Å². The minimum Gasteiger partial charge on any atom is -0.389 e. The molecule has 4 nitrogen and oxygen atoms in total. The fourth-order valence-electron chi connectivity index (χ4n) is 1.75. The van der Waals surface area contributed by atoms with Gasteiger partial charge in [0.15, 0.2) is 0 Å². The Bertz CT molecular complexity index is 375. The minimum absolute atomic E-state index is 0.0900. The molecule has 1 rings (SSSR count). The molecule has 0 aliphatic carbocycles. The first kappa shape index (κ1) is 14.7. The smallest absolute Gasteiger partial charge is 0.253 e. The van der Waals surface area contributed by atoms with Gasteiger partial charge in [-0.1, -0.05) is 19.1 Å². The molecule has 1 unspecified atom stereocenters. The number of benzene rings is 1. The molecule has 100 valence electrons. The van der Waals surface area contributed by atoms with Crippen LogP contribution >= 0.6 is 0 Å². The first-order valence-electron chi connectivity index (χ1n) is 6.09. The van der Waals surface area contributed by atoms with Crippen LogP contribution in [-0.4, -0.2) is 49.3 Å². The molecule has 1 atom stereocenters. The van der Waals surface area contributed by atoms with Crippen LogP contribution in [0, 0.1) is 0 Å². The van der Waals surface area contributed by atoms with Crippen molar-refractivity contribution in [2.45, 2.75) is 19.4 Å². The van der Waals surface area contributed by atoms with Crippen molar-refractivity contribution in [1.82, 2.24) is 4.90 Å². The molecule has 4 heteroatoms. The average molecular weight is 251 g/mol. The predicted octanol–water partition coefficient (Wildman–Crippen LogP) is 1.33. The number of nitrogens with zero attached hydrogens (tertiary/aromatic N) is 1. The Morgan fingerprint density at radius 3 is 2.50 bits per heavy atom. The lowest BCUT2D eigenvalue weighted by Gasteiger charge is -2.20. The van der Waals surface area contributed by atoms with Crippen LogP contribution in [0.2, 0.25) is 0 Å². The summed E-state index contributed by atoms with van der Waals surface area (Å²) in [6.45, 7) is 2.57. The van der Waals surface area contributed by atoms with Gasteiger partial charge in [0.25, 0.3) is 5.91 Å². The maximum Gasteiger partial charge on any atom is 0.253 e. The molecule has 0 fully saturated rings. The van der Waals surface area contributed by atoms with E-state index in [4.69, 9.17) is 4.74 Å². The van der Waals surface area contributed by atoms with Crippen LogP contribution in [0.5, 0.6) is 0 Å². The zero-order valence-electron chi connectivity index (χ0n) is 11.2. The van der Waals surface area contributed by atoms with Gasteiger partial charge in [0.1, 0.15) is 0 Å². The second kappa shape index (κ2) is 7.13. The van der Waals surface area contributed by atoms with E-state index in [0.29, 0.717) is 5.56 Å². The summed E-state index contributed by atoms with van der Waals surface area (Å²) in [4.78, 5) is 13.6.